The molecule has 1 atom stereocenters. The number of amides is 1. The topological polar surface area (TPSA) is 95.0 Å². The lowest BCUT2D eigenvalue weighted by Gasteiger charge is -2.29. The summed E-state index contributed by atoms with van der Waals surface area (Å²) in [6.45, 7) is 2.43. The molecule has 27 heavy (non-hydrogen) atoms. The van der Waals surface area contributed by atoms with Gasteiger partial charge in [-0.1, -0.05) is 0 Å². The average molecular weight is 392 g/mol. The number of aliphatic carboxylic acids is 1. The van der Waals surface area contributed by atoms with Gasteiger partial charge in [-0.15, -0.1) is 0 Å². The molecule has 1 N–H and O–H groups in total. The second-order valence-electron chi connectivity index (χ2n) is 7.84. The number of carboxylic acid groups (broad SMARTS) is 1. The number of hydrogen-bond donors (Lipinski definition) is 1. The van der Waals surface area contributed by atoms with Crippen molar-refractivity contribution in [3.05, 3.63) is 23.8 Å². The molecule has 4 rings (SSSR count). The van der Waals surface area contributed by atoms with Crippen LogP contribution < -0.4 is 4.90 Å². The maximum atomic E-state index is 13.0. The molecule has 1 saturated carbocycles. The van der Waals surface area contributed by atoms with Gasteiger partial charge in [-0.05, 0) is 62.8 Å². The van der Waals surface area contributed by atoms with Crippen LogP contribution >= 0.6 is 0 Å². The zero-order chi connectivity index (χ0) is 19.3. The summed E-state index contributed by atoms with van der Waals surface area (Å²) < 4.78 is 27.3. The Morgan fingerprint density at radius 3 is 2.33 bits per heavy atom. The third kappa shape index (κ3) is 3.25. The minimum atomic E-state index is -3.65. The van der Waals surface area contributed by atoms with Gasteiger partial charge in [-0.25, -0.2) is 8.42 Å². The smallest absolute Gasteiger partial charge is 0.306 e. The molecule has 0 unspecified atom stereocenters. The molecule has 1 aromatic carbocycles. The van der Waals surface area contributed by atoms with Gasteiger partial charge < -0.3 is 10.0 Å². The SMILES string of the molecule is C[C@H]1Cc2cc(S(=O)(=O)N3CCC(C(=O)O)CC3)ccc2N1C(=O)C1CC1. The molecule has 1 saturated heterocycles. The molecule has 1 aliphatic carbocycles. The lowest BCUT2D eigenvalue weighted by Crippen LogP contribution is -2.40. The predicted octanol–water partition coefficient (Wildman–Crippen LogP) is 1.86. The van der Waals surface area contributed by atoms with Crippen molar-refractivity contribution < 1.29 is 23.1 Å². The van der Waals surface area contributed by atoms with Crippen molar-refractivity contribution in [1.29, 1.82) is 0 Å². The number of benzene rings is 1. The van der Waals surface area contributed by atoms with Gasteiger partial charge in [0.1, 0.15) is 0 Å². The number of rotatable bonds is 4. The fourth-order valence-corrected chi connectivity index (χ4v) is 5.64. The normalized spacial score (nSPS) is 24.0. The van der Waals surface area contributed by atoms with E-state index < -0.39 is 21.9 Å². The molecule has 7 nitrogen and oxygen atoms in total. The van der Waals surface area contributed by atoms with Crippen molar-refractivity contribution in [2.24, 2.45) is 11.8 Å². The minimum Gasteiger partial charge on any atom is -0.481 e. The fourth-order valence-electron chi connectivity index (χ4n) is 4.12. The van der Waals surface area contributed by atoms with Crippen LogP contribution in [-0.2, 0) is 26.0 Å². The summed E-state index contributed by atoms with van der Waals surface area (Å²) in [6, 6.07) is 5.04. The molecular weight excluding hydrogens is 368 g/mol. The van der Waals surface area contributed by atoms with Gasteiger partial charge in [-0.2, -0.15) is 4.31 Å². The van der Waals surface area contributed by atoms with Gasteiger partial charge in [0.2, 0.25) is 15.9 Å². The summed E-state index contributed by atoms with van der Waals surface area (Å²) in [5, 5.41) is 9.09. The van der Waals surface area contributed by atoms with E-state index in [9.17, 15) is 18.0 Å². The molecule has 1 aromatic rings. The number of anilines is 1. The Morgan fingerprint density at radius 1 is 1.07 bits per heavy atom. The first kappa shape index (κ1) is 18.4. The van der Waals surface area contributed by atoms with Crippen LogP contribution in [0.2, 0.25) is 0 Å². The number of nitrogens with zero attached hydrogens (tertiary/aromatic N) is 2. The van der Waals surface area contributed by atoms with Crippen molar-refractivity contribution in [2.45, 2.75) is 50.0 Å². The summed E-state index contributed by atoms with van der Waals surface area (Å²) >= 11 is 0. The van der Waals surface area contributed by atoms with E-state index in [1.54, 1.807) is 18.2 Å². The third-order valence-electron chi connectivity index (χ3n) is 5.87. The first-order chi connectivity index (χ1) is 12.8. The van der Waals surface area contributed by atoms with Crippen LogP contribution in [0.25, 0.3) is 0 Å². The zero-order valence-corrected chi connectivity index (χ0v) is 16.1. The van der Waals surface area contributed by atoms with Gasteiger partial charge in [0.05, 0.1) is 10.8 Å². The Kier molecular flexibility index (Phi) is 4.50. The lowest BCUT2D eigenvalue weighted by molar-refractivity contribution is -0.143. The minimum absolute atomic E-state index is 0.0392. The van der Waals surface area contributed by atoms with Crippen molar-refractivity contribution in [2.75, 3.05) is 18.0 Å². The van der Waals surface area contributed by atoms with Gasteiger partial charge in [-0.3, -0.25) is 9.59 Å². The molecule has 0 radical (unpaired) electrons. The molecule has 0 aromatic heterocycles. The van der Waals surface area contributed by atoms with Gasteiger partial charge >= 0.3 is 5.97 Å². The van der Waals surface area contributed by atoms with Gasteiger partial charge in [0.15, 0.2) is 0 Å². The van der Waals surface area contributed by atoms with Crippen LogP contribution in [0, 0.1) is 11.8 Å². The molecule has 0 bridgehead atoms. The molecule has 2 fully saturated rings. The number of hydrogen-bond acceptors (Lipinski definition) is 4. The lowest BCUT2D eigenvalue weighted by atomic mass is 9.99. The molecule has 8 heteroatoms. The van der Waals surface area contributed by atoms with Gasteiger partial charge in [0, 0.05) is 30.7 Å². The molecule has 3 aliphatic rings. The standard InChI is InChI=1S/C19H24N2O5S/c1-12-10-15-11-16(4-5-17(15)21(12)18(22)13-2-3-13)27(25,26)20-8-6-14(7-9-20)19(23)24/h4-5,11-14H,2-3,6-10H2,1H3,(H,23,24)/t12-/m0/s1. The van der Waals surface area contributed by atoms with E-state index in [-0.39, 0.29) is 35.9 Å². The first-order valence-corrected chi connectivity index (χ1v) is 10.9. The monoisotopic (exact) mass is 392 g/mol. The molecular formula is C19H24N2O5S. The summed E-state index contributed by atoms with van der Waals surface area (Å²) in [5.74, 6) is -1.07. The van der Waals surface area contributed by atoms with Crippen molar-refractivity contribution in [3.63, 3.8) is 0 Å². The quantitative estimate of drug-likeness (QED) is 0.844. The Balaban J connectivity index is 1.56. The summed E-state index contributed by atoms with van der Waals surface area (Å²) in [5.41, 5.74) is 1.71. The molecule has 146 valence electrons. The summed E-state index contributed by atoms with van der Waals surface area (Å²) in [7, 11) is -3.65. The highest BCUT2D eigenvalue weighted by Crippen LogP contribution is 2.40. The van der Waals surface area contributed by atoms with Crippen LogP contribution in [-0.4, -0.2) is 48.8 Å². The van der Waals surface area contributed by atoms with E-state index in [1.165, 1.54) is 4.31 Å². The molecule has 2 heterocycles. The molecule has 2 aliphatic heterocycles. The number of carboxylic acids is 1. The predicted molar refractivity (Wildman–Crippen MR) is 98.9 cm³/mol. The van der Waals surface area contributed by atoms with Crippen molar-refractivity contribution >= 4 is 27.6 Å². The Labute approximate surface area is 159 Å². The highest BCUT2D eigenvalue weighted by molar-refractivity contribution is 7.89. The van der Waals surface area contributed by atoms with Crippen LogP contribution in [0.3, 0.4) is 0 Å². The number of piperidine rings is 1. The Bertz CT molecular complexity index is 885. The van der Waals surface area contributed by atoms with E-state index in [4.69, 9.17) is 5.11 Å². The second kappa shape index (κ2) is 6.60. The summed E-state index contributed by atoms with van der Waals surface area (Å²) in [4.78, 5) is 25.7. The number of carbonyl (C=O) groups is 2. The highest BCUT2D eigenvalue weighted by Gasteiger charge is 2.40. The fraction of sp³-hybridized carbons (Fsp3) is 0.579. The van der Waals surface area contributed by atoms with Crippen LogP contribution in [0.1, 0.15) is 38.2 Å². The van der Waals surface area contributed by atoms with Crippen molar-refractivity contribution in [3.8, 4) is 0 Å². The molecule has 1 amide bonds. The van der Waals surface area contributed by atoms with E-state index in [2.05, 4.69) is 0 Å². The third-order valence-corrected chi connectivity index (χ3v) is 7.77. The Hall–Kier alpha value is -1.93. The van der Waals surface area contributed by atoms with Gasteiger partial charge in [0.25, 0.3) is 0 Å². The first-order valence-electron chi connectivity index (χ1n) is 9.48. The Morgan fingerprint density at radius 2 is 1.74 bits per heavy atom. The van der Waals surface area contributed by atoms with Crippen molar-refractivity contribution in [1.82, 2.24) is 4.31 Å². The largest absolute Gasteiger partial charge is 0.481 e. The van der Waals surface area contributed by atoms with E-state index >= 15 is 0 Å². The maximum Gasteiger partial charge on any atom is 0.306 e. The number of fused-ring (bicyclic) bond motifs is 1. The number of sulfonamides is 1. The highest BCUT2D eigenvalue weighted by atomic mass is 32.2. The second-order valence-corrected chi connectivity index (χ2v) is 9.78. The summed E-state index contributed by atoms with van der Waals surface area (Å²) in [6.07, 6.45) is 3.20. The maximum absolute atomic E-state index is 13.0. The number of carbonyl (C=O) groups excluding carboxylic acids is 1. The van der Waals surface area contributed by atoms with Crippen LogP contribution in [0.15, 0.2) is 23.1 Å². The van der Waals surface area contributed by atoms with E-state index in [0.29, 0.717) is 19.3 Å². The van der Waals surface area contributed by atoms with Crippen LogP contribution in [0.5, 0.6) is 0 Å². The average Bonchev–Trinajstić information content (AvgIpc) is 3.43. The van der Waals surface area contributed by atoms with Crippen LogP contribution in [0.4, 0.5) is 5.69 Å². The van der Waals surface area contributed by atoms with E-state index in [1.807, 2.05) is 11.8 Å². The van der Waals surface area contributed by atoms with E-state index in [0.717, 1.165) is 24.1 Å². The zero-order valence-electron chi connectivity index (χ0n) is 15.3. The molecule has 0 spiro atoms.